The van der Waals surface area contributed by atoms with Gasteiger partial charge in [-0.3, -0.25) is 4.79 Å². The molecule has 2 aromatic carbocycles. The van der Waals surface area contributed by atoms with Gasteiger partial charge in [-0.05, 0) is 42.3 Å². The van der Waals surface area contributed by atoms with Crippen LogP contribution in [-0.4, -0.2) is 37.2 Å². The Balaban J connectivity index is 1.77. The van der Waals surface area contributed by atoms with Gasteiger partial charge in [0.05, 0.1) is 7.11 Å². The number of ether oxygens (including phenoxy) is 2. The van der Waals surface area contributed by atoms with Crippen LogP contribution in [0.4, 0.5) is 4.39 Å². The van der Waals surface area contributed by atoms with Gasteiger partial charge in [0.25, 0.3) is 5.91 Å². The number of amides is 1. The summed E-state index contributed by atoms with van der Waals surface area (Å²) in [6.07, 6.45) is 0.524. The Bertz CT molecular complexity index is 746. The lowest BCUT2D eigenvalue weighted by atomic mass is 10.1. The van der Waals surface area contributed by atoms with Crippen molar-refractivity contribution in [2.75, 3.05) is 20.3 Å². The first kappa shape index (κ1) is 18.3. The summed E-state index contributed by atoms with van der Waals surface area (Å²) in [7, 11) is 1.43. The van der Waals surface area contributed by atoms with E-state index in [9.17, 15) is 19.1 Å². The van der Waals surface area contributed by atoms with Gasteiger partial charge in [0.15, 0.2) is 6.61 Å². The number of nitrogens with one attached hydrogen (secondary N) is 1. The minimum Gasteiger partial charge on any atom is -0.507 e. The van der Waals surface area contributed by atoms with Crippen LogP contribution in [0.2, 0.25) is 0 Å². The van der Waals surface area contributed by atoms with E-state index >= 15 is 0 Å². The van der Waals surface area contributed by atoms with E-state index in [2.05, 4.69) is 5.32 Å². The first-order valence-electron chi connectivity index (χ1n) is 7.55. The number of halogens is 1. The van der Waals surface area contributed by atoms with Crippen LogP contribution in [0.3, 0.4) is 0 Å². The van der Waals surface area contributed by atoms with E-state index in [4.69, 9.17) is 9.47 Å². The van der Waals surface area contributed by atoms with Gasteiger partial charge in [-0.25, -0.2) is 9.18 Å². The normalized spacial score (nSPS) is 10.2. The molecule has 0 unspecified atom stereocenters. The van der Waals surface area contributed by atoms with Gasteiger partial charge in [0, 0.05) is 6.54 Å². The first-order chi connectivity index (χ1) is 12.0. The summed E-state index contributed by atoms with van der Waals surface area (Å²) in [6, 6.07) is 10.1. The van der Waals surface area contributed by atoms with Crippen LogP contribution in [0.15, 0.2) is 42.5 Å². The minimum absolute atomic E-state index is 0.0848. The monoisotopic (exact) mass is 347 g/mol. The predicted octanol–water partition coefficient (Wildman–Crippen LogP) is 2.06. The van der Waals surface area contributed by atoms with E-state index in [0.717, 1.165) is 5.56 Å². The fourth-order valence-corrected chi connectivity index (χ4v) is 2.06. The first-order valence-corrected chi connectivity index (χ1v) is 7.55. The van der Waals surface area contributed by atoms with Crippen LogP contribution >= 0.6 is 0 Å². The van der Waals surface area contributed by atoms with Crippen LogP contribution in [0.5, 0.6) is 11.5 Å². The highest BCUT2D eigenvalue weighted by Crippen LogP contribution is 2.23. The van der Waals surface area contributed by atoms with Crippen LogP contribution in [0, 0.1) is 5.82 Å². The lowest BCUT2D eigenvalue weighted by Gasteiger charge is -2.09. The molecule has 7 heteroatoms. The van der Waals surface area contributed by atoms with Gasteiger partial charge in [0.1, 0.15) is 22.9 Å². The Hall–Kier alpha value is -3.09. The lowest BCUT2D eigenvalue weighted by molar-refractivity contribution is -0.124. The highest BCUT2D eigenvalue weighted by Gasteiger charge is 2.15. The molecule has 0 bridgehead atoms. The van der Waals surface area contributed by atoms with Crippen LogP contribution in [-0.2, 0) is 16.0 Å². The van der Waals surface area contributed by atoms with Crippen LogP contribution < -0.4 is 10.1 Å². The number of phenolic OH excluding ortho intramolecular Hbond substituents is 1. The third-order valence-corrected chi connectivity index (χ3v) is 3.41. The minimum atomic E-state index is -0.829. The standard InChI is InChI=1S/C18H18FNO5/c1-24-14-6-7-16(21)15(10-14)18(23)25-11-17(22)20-9-8-12-2-4-13(19)5-3-12/h2-7,10,21H,8-9,11H2,1H3,(H,20,22). The van der Waals surface area contributed by atoms with Crippen molar-refractivity contribution in [2.45, 2.75) is 6.42 Å². The molecule has 0 aliphatic heterocycles. The smallest absolute Gasteiger partial charge is 0.342 e. The van der Waals surface area contributed by atoms with Crippen molar-refractivity contribution in [3.8, 4) is 11.5 Å². The van der Waals surface area contributed by atoms with Gasteiger partial charge in [-0.1, -0.05) is 12.1 Å². The van der Waals surface area contributed by atoms with Crippen molar-refractivity contribution in [1.82, 2.24) is 5.32 Å². The highest BCUT2D eigenvalue weighted by molar-refractivity contribution is 5.94. The molecular weight excluding hydrogens is 329 g/mol. The zero-order valence-electron chi connectivity index (χ0n) is 13.6. The number of methoxy groups -OCH3 is 1. The molecule has 0 saturated heterocycles. The van der Waals surface area contributed by atoms with Crippen molar-refractivity contribution in [3.63, 3.8) is 0 Å². The lowest BCUT2D eigenvalue weighted by Crippen LogP contribution is -2.30. The van der Waals surface area contributed by atoms with Crippen molar-refractivity contribution >= 4 is 11.9 Å². The van der Waals surface area contributed by atoms with E-state index < -0.39 is 18.5 Å². The number of benzene rings is 2. The summed E-state index contributed by atoms with van der Waals surface area (Å²) in [6.45, 7) is -0.147. The van der Waals surface area contributed by atoms with Crippen LogP contribution in [0.25, 0.3) is 0 Å². The number of rotatable bonds is 7. The molecule has 0 saturated carbocycles. The van der Waals surface area contributed by atoms with Gasteiger partial charge < -0.3 is 19.9 Å². The van der Waals surface area contributed by atoms with Crippen molar-refractivity contribution < 1.29 is 28.6 Å². The molecule has 2 rings (SSSR count). The molecular formula is C18H18FNO5. The molecule has 2 aromatic rings. The van der Waals surface area contributed by atoms with E-state index in [0.29, 0.717) is 18.7 Å². The molecule has 0 atom stereocenters. The number of hydrogen-bond acceptors (Lipinski definition) is 5. The van der Waals surface area contributed by atoms with E-state index in [1.54, 1.807) is 12.1 Å². The van der Waals surface area contributed by atoms with Crippen molar-refractivity contribution in [3.05, 3.63) is 59.4 Å². The molecule has 132 valence electrons. The Kier molecular flexibility index (Phi) is 6.33. The fourth-order valence-electron chi connectivity index (χ4n) is 2.06. The second-order valence-corrected chi connectivity index (χ2v) is 5.19. The third-order valence-electron chi connectivity index (χ3n) is 3.41. The molecule has 25 heavy (non-hydrogen) atoms. The average molecular weight is 347 g/mol. The second kappa shape index (κ2) is 8.68. The summed E-state index contributed by atoms with van der Waals surface area (Å²) >= 11 is 0. The Morgan fingerprint density at radius 1 is 1.16 bits per heavy atom. The largest absolute Gasteiger partial charge is 0.507 e. The maximum atomic E-state index is 12.8. The van der Waals surface area contributed by atoms with Gasteiger partial charge in [-0.15, -0.1) is 0 Å². The molecule has 0 aliphatic carbocycles. The summed E-state index contributed by atoms with van der Waals surface area (Å²) in [5, 5.41) is 12.3. The zero-order valence-corrected chi connectivity index (χ0v) is 13.6. The molecule has 0 fully saturated rings. The predicted molar refractivity (Wildman–Crippen MR) is 88.1 cm³/mol. The highest BCUT2D eigenvalue weighted by atomic mass is 19.1. The molecule has 0 heterocycles. The maximum Gasteiger partial charge on any atom is 0.342 e. The number of aromatic hydroxyl groups is 1. The molecule has 0 aromatic heterocycles. The molecule has 0 radical (unpaired) electrons. The van der Waals surface area contributed by atoms with Crippen LogP contribution in [0.1, 0.15) is 15.9 Å². The number of hydrogen-bond donors (Lipinski definition) is 2. The number of phenols is 1. The second-order valence-electron chi connectivity index (χ2n) is 5.19. The number of carbonyl (C=O) groups excluding carboxylic acids is 2. The molecule has 0 aliphatic rings. The van der Waals surface area contributed by atoms with Crippen molar-refractivity contribution in [1.29, 1.82) is 0 Å². The summed E-state index contributed by atoms with van der Waals surface area (Å²) in [5.41, 5.74) is 0.790. The molecule has 0 spiro atoms. The summed E-state index contributed by atoms with van der Waals surface area (Å²) < 4.78 is 22.6. The quantitative estimate of drug-likeness (QED) is 0.749. The summed E-state index contributed by atoms with van der Waals surface area (Å²) in [5.74, 6) is -1.50. The Morgan fingerprint density at radius 2 is 1.88 bits per heavy atom. The van der Waals surface area contributed by atoms with E-state index in [1.807, 2.05) is 0 Å². The Labute approximate surface area is 144 Å². The van der Waals surface area contributed by atoms with Gasteiger partial charge in [-0.2, -0.15) is 0 Å². The molecule has 6 nitrogen and oxygen atoms in total. The zero-order chi connectivity index (χ0) is 18.2. The van der Waals surface area contributed by atoms with Gasteiger partial charge in [0.2, 0.25) is 0 Å². The molecule has 1 amide bonds. The molecule has 2 N–H and O–H groups in total. The van der Waals surface area contributed by atoms with Crippen molar-refractivity contribution in [2.24, 2.45) is 0 Å². The Morgan fingerprint density at radius 3 is 2.56 bits per heavy atom. The number of carbonyl (C=O) groups is 2. The third kappa shape index (κ3) is 5.49. The summed E-state index contributed by atoms with van der Waals surface area (Å²) in [4.78, 5) is 23.6. The number of esters is 1. The SMILES string of the molecule is COc1ccc(O)c(C(=O)OCC(=O)NCCc2ccc(F)cc2)c1. The topological polar surface area (TPSA) is 84.9 Å². The fraction of sp³-hybridized carbons (Fsp3) is 0.222. The van der Waals surface area contributed by atoms with E-state index in [-0.39, 0.29) is 17.1 Å². The maximum absolute atomic E-state index is 12.8. The van der Waals surface area contributed by atoms with Gasteiger partial charge >= 0.3 is 5.97 Å². The average Bonchev–Trinajstić information content (AvgIpc) is 2.62. The van der Waals surface area contributed by atoms with E-state index in [1.165, 1.54) is 37.4 Å².